The highest BCUT2D eigenvalue weighted by atomic mass is 32.1. The fourth-order valence-electron chi connectivity index (χ4n) is 2.24. The van der Waals surface area contributed by atoms with E-state index in [1.165, 1.54) is 10.4 Å². The van der Waals surface area contributed by atoms with Gasteiger partial charge in [-0.25, -0.2) is 4.98 Å². The molecule has 1 aromatic heterocycles. The van der Waals surface area contributed by atoms with Crippen LogP contribution in [0.5, 0.6) is 5.75 Å². The number of rotatable bonds is 6. The lowest BCUT2D eigenvalue weighted by Gasteiger charge is -2.22. The van der Waals surface area contributed by atoms with E-state index in [0.717, 1.165) is 29.8 Å². The highest BCUT2D eigenvalue weighted by molar-refractivity contribution is 7.11. The fourth-order valence-corrected chi connectivity index (χ4v) is 2.98. The zero-order chi connectivity index (χ0) is 16.7. The molecular formula is C17H24N4OS. The minimum atomic E-state index is 0.687. The number of nitrogens with one attached hydrogen (secondary N) is 1. The fraction of sp³-hybridized carbons (Fsp3) is 0.412. The first-order chi connectivity index (χ1) is 11.1. The van der Waals surface area contributed by atoms with Gasteiger partial charge in [-0.2, -0.15) is 0 Å². The van der Waals surface area contributed by atoms with Gasteiger partial charge < -0.3 is 15.0 Å². The summed E-state index contributed by atoms with van der Waals surface area (Å²) in [6.07, 6.45) is 1.91. The normalized spacial score (nSPS) is 11.4. The Balaban J connectivity index is 1.90. The molecule has 0 saturated heterocycles. The molecule has 0 amide bonds. The largest absolute Gasteiger partial charge is 0.494 e. The Labute approximate surface area is 142 Å². The first-order valence-corrected chi connectivity index (χ1v) is 8.49. The van der Waals surface area contributed by atoms with Gasteiger partial charge in [0.25, 0.3) is 0 Å². The summed E-state index contributed by atoms with van der Waals surface area (Å²) in [6, 6.07) is 8.18. The lowest BCUT2D eigenvalue weighted by atomic mass is 10.2. The number of aliphatic imine (C=N–C) groups is 1. The highest BCUT2D eigenvalue weighted by Crippen LogP contribution is 2.14. The summed E-state index contributed by atoms with van der Waals surface area (Å²) in [7, 11) is 3.83. The van der Waals surface area contributed by atoms with E-state index in [1.807, 2.05) is 39.2 Å². The summed E-state index contributed by atoms with van der Waals surface area (Å²) >= 11 is 1.70. The third-order valence-corrected chi connectivity index (χ3v) is 4.23. The van der Waals surface area contributed by atoms with Gasteiger partial charge in [-0.1, -0.05) is 12.1 Å². The maximum absolute atomic E-state index is 5.47. The van der Waals surface area contributed by atoms with Crippen molar-refractivity contribution in [2.75, 3.05) is 20.7 Å². The second kappa shape index (κ2) is 8.53. The van der Waals surface area contributed by atoms with Crippen molar-refractivity contribution in [3.05, 3.63) is 45.9 Å². The Morgan fingerprint density at radius 2 is 2.09 bits per heavy atom. The maximum Gasteiger partial charge on any atom is 0.193 e. The van der Waals surface area contributed by atoms with Crippen LogP contribution in [-0.2, 0) is 13.1 Å². The van der Waals surface area contributed by atoms with Crippen molar-refractivity contribution in [3.63, 3.8) is 0 Å². The van der Waals surface area contributed by atoms with E-state index in [2.05, 4.69) is 32.3 Å². The van der Waals surface area contributed by atoms with Crippen molar-refractivity contribution >= 4 is 17.3 Å². The van der Waals surface area contributed by atoms with Crippen LogP contribution in [0.4, 0.5) is 0 Å². The van der Waals surface area contributed by atoms with Crippen LogP contribution < -0.4 is 10.1 Å². The van der Waals surface area contributed by atoms with E-state index in [1.54, 1.807) is 18.4 Å². The third kappa shape index (κ3) is 5.25. The smallest absolute Gasteiger partial charge is 0.193 e. The molecule has 0 aliphatic heterocycles. The average Bonchev–Trinajstić information content (AvgIpc) is 2.95. The summed E-state index contributed by atoms with van der Waals surface area (Å²) in [4.78, 5) is 11.9. The number of hydrogen-bond acceptors (Lipinski definition) is 4. The minimum absolute atomic E-state index is 0.687. The number of benzene rings is 1. The van der Waals surface area contributed by atoms with Gasteiger partial charge in [-0.05, 0) is 31.5 Å². The first-order valence-electron chi connectivity index (χ1n) is 7.67. The Hall–Kier alpha value is -2.08. The molecule has 0 aliphatic rings. The molecule has 0 saturated carbocycles. The second-order valence-electron chi connectivity index (χ2n) is 5.18. The van der Waals surface area contributed by atoms with Crippen LogP contribution in [0.25, 0.3) is 0 Å². The molecule has 23 heavy (non-hydrogen) atoms. The number of guanidine groups is 1. The van der Waals surface area contributed by atoms with Crippen LogP contribution in [0.2, 0.25) is 0 Å². The summed E-state index contributed by atoms with van der Waals surface area (Å²) in [6.45, 7) is 6.22. The van der Waals surface area contributed by atoms with Crippen LogP contribution in [0.15, 0.2) is 35.5 Å². The van der Waals surface area contributed by atoms with E-state index in [9.17, 15) is 0 Å². The van der Waals surface area contributed by atoms with Crippen LogP contribution >= 0.6 is 11.3 Å². The topological polar surface area (TPSA) is 49.8 Å². The SMILES string of the molecule is CCOc1ccc(CN(C)C(=NC)NCc2cnc(C)s2)cc1. The molecule has 124 valence electrons. The molecule has 0 aliphatic carbocycles. The molecule has 5 nitrogen and oxygen atoms in total. The summed E-state index contributed by atoms with van der Waals surface area (Å²) in [5.41, 5.74) is 1.22. The number of thiazole rings is 1. The molecule has 2 aromatic rings. The van der Waals surface area contributed by atoms with E-state index < -0.39 is 0 Å². The summed E-state index contributed by atoms with van der Waals surface area (Å²) in [5.74, 6) is 1.77. The van der Waals surface area contributed by atoms with Crippen LogP contribution in [-0.4, -0.2) is 36.5 Å². The van der Waals surface area contributed by atoms with Gasteiger partial charge in [0.2, 0.25) is 0 Å². The van der Waals surface area contributed by atoms with Crippen LogP contribution in [0.1, 0.15) is 22.4 Å². The number of aryl methyl sites for hydroxylation is 1. The molecule has 0 unspecified atom stereocenters. The quantitative estimate of drug-likeness (QED) is 0.652. The molecule has 6 heteroatoms. The molecule has 0 spiro atoms. The molecule has 2 rings (SSSR count). The maximum atomic E-state index is 5.47. The van der Waals surface area contributed by atoms with Crippen molar-refractivity contribution in [2.45, 2.75) is 26.9 Å². The zero-order valence-electron chi connectivity index (χ0n) is 14.2. The van der Waals surface area contributed by atoms with E-state index in [4.69, 9.17) is 4.74 Å². The lowest BCUT2D eigenvalue weighted by Crippen LogP contribution is -2.37. The van der Waals surface area contributed by atoms with E-state index in [-0.39, 0.29) is 0 Å². The highest BCUT2D eigenvalue weighted by Gasteiger charge is 2.07. The van der Waals surface area contributed by atoms with Crippen molar-refractivity contribution in [1.29, 1.82) is 0 Å². The summed E-state index contributed by atoms with van der Waals surface area (Å²) < 4.78 is 5.47. The molecular weight excluding hydrogens is 308 g/mol. The van der Waals surface area contributed by atoms with Crippen molar-refractivity contribution < 1.29 is 4.74 Å². The molecule has 0 atom stereocenters. The van der Waals surface area contributed by atoms with Gasteiger partial charge in [0.15, 0.2) is 5.96 Å². The lowest BCUT2D eigenvalue weighted by molar-refractivity contribution is 0.340. The minimum Gasteiger partial charge on any atom is -0.494 e. The Kier molecular flexibility index (Phi) is 6.40. The Morgan fingerprint density at radius 3 is 2.65 bits per heavy atom. The molecule has 1 N–H and O–H groups in total. The van der Waals surface area contributed by atoms with Gasteiger partial charge in [-0.3, -0.25) is 4.99 Å². The Morgan fingerprint density at radius 1 is 1.35 bits per heavy atom. The molecule has 0 bridgehead atoms. The van der Waals surface area contributed by atoms with Gasteiger partial charge in [0, 0.05) is 31.7 Å². The van der Waals surface area contributed by atoms with Crippen LogP contribution in [0, 0.1) is 6.92 Å². The number of aromatic nitrogens is 1. The molecule has 0 fully saturated rings. The predicted molar refractivity (Wildman–Crippen MR) is 96.1 cm³/mol. The molecule has 1 heterocycles. The predicted octanol–water partition coefficient (Wildman–Crippen LogP) is 3.06. The summed E-state index contributed by atoms with van der Waals surface area (Å²) in [5, 5.41) is 4.46. The van der Waals surface area contributed by atoms with Crippen molar-refractivity contribution in [1.82, 2.24) is 15.2 Å². The second-order valence-corrected chi connectivity index (χ2v) is 6.50. The first kappa shape index (κ1) is 17.3. The molecule has 0 radical (unpaired) electrons. The van der Waals surface area contributed by atoms with Gasteiger partial charge >= 0.3 is 0 Å². The van der Waals surface area contributed by atoms with Gasteiger partial charge in [-0.15, -0.1) is 11.3 Å². The van der Waals surface area contributed by atoms with Gasteiger partial charge in [0.1, 0.15) is 5.75 Å². The van der Waals surface area contributed by atoms with Crippen LogP contribution in [0.3, 0.4) is 0 Å². The standard InChI is InChI=1S/C17H24N4OS/c1-5-22-15-8-6-14(7-9-15)12-21(4)17(18-3)20-11-16-10-19-13(2)23-16/h6-10H,5,11-12H2,1-4H3,(H,18,20). The van der Waals surface area contributed by atoms with Crippen molar-refractivity contribution in [2.24, 2.45) is 4.99 Å². The van der Waals surface area contributed by atoms with E-state index in [0.29, 0.717) is 6.61 Å². The van der Waals surface area contributed by atoms with E-state index >= 15 is 0 Å². The number of nitrogens with zero attached hydrogens (tertiary/aromatic N) is 3. The van der Waals surface area contributed by atoms with Crippen molar-refractivity contribution in [3.8, 4) is 5.75 Å². The zero-order valence-corrected chi connectivity index (χ0v) is 15.0. The number of ether oxygens (including phenoxy) is 1. The third-order valence-electron chi connectivity index (χ3n) is 3.32. The molecule has 1 aromatic carbocycles. The number of hydrogen-bond donors (Lipinski definition) is 1. The monoisotopic (exact) mass is 332 g/mol. The Bertz CT molecular complexity index is 636. The van der Waals surface area contributed by atoms with Gasteiger partial charge in [0.05, 0.1) is 18.2 Å². The average molecular weight is 332 g/mol.